The van der Waals surface area contributed by atoms with Gasteiger partial charge in [-0.15, -0.1) is 0 Å². The van der Waals surface area contributed by atoms with Crippen LogP contribution in [0.2, 0.25) is 6.32 Å². The fourth-order valence-corrected chi connectivity index (χ4v) is 1.13. The van der Waals surface area contributed by atoms with Gasteiger partial charge >= 0.3 is 8.60 Å². The fourth-order valence-electron chi connectivity index (χ4n) is 0.819. The summed E-state index contributed by atoms with van der Waals surface area (Å²) in [5.74, 6) is -0.129. The number of hydrogen-bond donors (Lipinski definition) is 3. The Morgan fingerprint density at radius 1 is 1.57 bits per heavy atom. The van der Waals surface area contributed by atoms with Gasteiger partial charge in [0.2, 0.25) is 5.91 Å². The Balaban J connectivity index is 3.82. The van der Waals surface area contributed by atoms with E-state index in [2.05, 4.69) is 9.84 Å². The number of amides is 1. The second kappa shape index (κ2) is 8.14. The molecule has 14 heavy (non-hydrogen) atoms. The fraction of sp³-hybridized carbons (Fsp3) is 0.833. The van der Waals surface area contributed by atoms with Gasteiger partial charge in [0.25, 0.3) is 0 Å². The highest BCUT2D eigenvalue weighted by atomic mass is 31.2. The van der Waals surface area contributed by atoms with E-state index in [1.165, 1.54) is 7.11 Å². The van der Waals surface area contributed by atoms with Crippen LogP contribution in [0.25, 0.3) is 0 Å². The zero-order chi connectivity index (χ0) is 11.0. The molecule has 1 unspecified atom stereocenters. The van der Waals surface area contributed by atoms with Crippen molar-refractivity contribution in [2.24, 2.45) is 0 Å². The lowest BCUT2D eigenvalue weighted by molar-refractivity contribution is -0.120. The summed E-state index contributed by atoms with van der Waals surface area (Å²) < 4.78 is 9.41. The molecule has 0 rings (SSSR count). The molecule has 0 bridgehead atoms. The van der Waals surface area contributed by atoms with E-state index in [4.69, 9.17) is 14.5 Å². The van der Waals surface area contributed by atoms with Crippen molar-refractivity contribution in [1.82, 2.24) is 5.32 Å². The Bertz CT molecular complexity index is 170. The van der Waals surface area contributed by atoms with Crippen molar-refractivity contribution in [1.29, 1.82) is 0 Å². The van der Waals surface area contributed by atoms with Crippen LogP contribution in [0.5, 0.6) is 0 Å². The molecule has 1 amide bonds. The van der Waals surface area contributed by atoms with Gasteiger partial charge in [-0.1, -0.05) is 0 Å². The number of ether oxygens (including phenoxy) is 1. The lowest BCUT2D eigenvalue weighted by atomic mass is 10.0. The van der Waals surface area contributed by atoms with Gasteiger partial charge < -0.3 is 24.4 Å². The molecular formula is C6H15BNO5P. The van der Waals surface area contributed by atoms with E-state index < -0.39 is 8.60 Å². The molecule has 0 fully saturated rings. The molecule has 0 aliphatic heterocycles. The summed E-state index contributed by atoms with van der Waals surface area (Å²) in [5.41, 5.74) is 0. The first-order chi connectivity index (χ1) is 6.60. The lowest BCUT2D eigenvalue weighted by Crippen LogP contribution is -2.40. The minimum absolute atomic E-state index is 0.0261. The van der Waals surface area contributed by atoms with Gasteiger partial charge in [0.05, 0.1) is 19.3 Å². The molecule has 6 nitrogen and oxygen atoms in total. The van der Waals surface area contributed by atoms with E-state index >= 15 is 0 Å². The predicted molar refractivity (Wildman–Crippen MR) is 54.5 cm³/mol. The van der Waals surface area contributed by atoms with Crippen LogP contribution in [0.4, 0.5) is 0 Å². The third-order valence-corrected chi connectivity index (χ3v) is 1.83. The number of carbonyl (C=O) groups is 1. The molecule has 1 atom stereocenters. The molecular weight excluding hydrogens is 208 g/mol. The maximum Gasteiger partial charge on any atom is 0.327 e. The molecule has 0 aliphatic carbocycles. The van der Waals surface area contributed by atoms with E-state index in [1.54, 1.807) is 7.85 Å². The standard InChI is InChI=1S/C6H15BNO5P/c1-12-3-5(4-13-14(10)11)8-6(9)2-7/h5,10-11H,2-4,7H2,1H3,(H,8,9). The first kappa shape index (κ1) is 13.8. The van der Waals surface area contributed by atoms with Crippen LogP contribution < -0.4 is 5.32 Å². The molecule has 0 aromatic rings. The summed E-state index contributed by atoms with van der Waals surface area (Å²) in [6.45, 7) is 0.299. The number of hydrogen-bond acceptors (Lipinski definition) is 5. The minimum atomic E-state index is -2.38. The Morgan fingerprint density at radius 2 is 2.21 bits per heavy atom. The van der Waals surface area contributed by atoms with Gasteiger partial charge in [-0.25, -0.2) is 0 Å². The first-order valence-corrected chi connectivity index (χ1v) is 5.35. The lowest BCUT2D eigenvalue weighted by Gasteiger charge is -2.17. The van der Waals surface area contributed by atoms with Crippen molar-refractivity contribution >= 4 is 22.4 Å². The third-order valence-electron chi connectivity index (χ3n) is 1.45. The molecule has 8 heteroatoms. The molecule has 0 saturated heterocycles. The van der Waals surface area contributed by atoms with Crippen LogP contribution in [0, 0.1) is 0 Å². The topological polar surface area (TPSA) is 88.0 Å². The summed E-state index contributed by atoms with van der Waals surface area (Å²) in [5, 5.41) is 2.62. The van der Waals surface area contributed by atoms with E-state index in [0.29, 0.717) is 6.32 Å². The van der Waals surface area contributed by atoms with Gasteiger partial charge in [-0.2, -0.15) is 0 Å². The zero-order valence-electron chi connectivity index (χ0n) is 8.27. The van der Waals surface area contributed by atoms with Crippen molar-refractivity contribution in [2.75, 3.05) is 20.3 Å². The molecule has 82 valence electrons. The molecule has 0 heterocycles. The Kier molecular flexibility index (Phi) is 8.03. The van der Waals surface area contributed by atoms with E-state index in [9.17, 15) is 4.79 Å². The predicted octanol–water partition coefficient (Wildman–Crippen LogP) is -1.60. The SMILES string of the molecule is BCC(=O)NC(COC)COP(O)O. The second-order valence-electron chi connectivity index (χ2n) is 2.62. The highest BCUT2D eigenvalue weighted by molar-refractivity contribution is 7.39. The first-order valence-electron chi connectivity index (χ1n) is 4.19. The van der Waals surface area contributed by atoms with Crippen molar-refractivity contribution in [2.45, 2.75) is 12.4 Å². The number of methoxy groups -OCH3 is 1. The summed E-state index contributed by atoms with van der Waals surface area (Å²) in [4.78, 5) is 28.0. The third kappa shape index (κ3) is 7.23. The van der Waals surface area contributed by atoms with E-state index in [0.717, 1.165) is 0 Å². The monoisotopic (exact) mass is 223 g/mol. The van der Waals surface area contributed by atoms with Gasteiger partial charge in [0.1, 0.15) is 7.85 Å². The summed E-state index contributed by atoms with van der Waals surface area (Å²) in [7, 11) is 0.839. The zero-order valence-corrected chi connectivity index (χ0v) is 9.16. The number of carbonyl (C=O) groups excluding carboxylic acids is 1. The van der Waals surface area contributed by atoms with Crippen LogP contribution in [0.3, 0.4) is 0 Å². The average Bonchev–Trinajstić information content (AvgIpc) is 2.14. The quantitative estimate of drug-likeness (QED) is 0.357. The Labute approximate surface area is 85.0 Å². The average molecular weight is 223 g/mol. The molecule has 0 aromatic carbocycles. The minimum Gasteiger partial charge on any atom is -0.382 e. The molecule has 0 saturated carbocycles. The van der Waals surface area contributed by atoms with E-state index in [1.807, 2.05) is 0 Å². The molecule has 0 aromatic heterocycles. The molecule has 0 radical (unpaired) electrons. The normalized spacial score (nSPS) is 12.9. The largest absolute Gasteiger partial charge is 0.382 e. The van der Waals surface area contributed by atoms with Gasteiger partial charge in [0.15, 0.2) is 0 Å². The summed E-state index contributed by atoms with van der Waals surface area (Å²) >= 11 is 0. The van der Waals surface area contributed by atoms with Gasteiger partial charge in [-0.05, 0) is 6.32 Å². The smallest absolute Gasteiger partial charge is 0.327 e. The van der Waals surface area contributed by atoms with Crippen LogP contribution >= 0.6 is 8.60 Å². The van der Waals surface area contributed by atoms with Crippen molar-refractivity contribution < 1.29 is 23.8 Å². The summed E-state index contributed by atoms with van der Waals surface area (Å²) in [6, 6.07) is -0.350. The van der Waals surface area contributed by atoms with Crippen molar-refractivity contribution in [3.63, 3.8) is 0 Å². The Hall–Kier alpha value is -0.195. The van der Waals surface area contributed by atoms with Crippen molar-refractivity contribution in [3.05, 3.63) is 0 Å². The number of rotatable bonds is 7. The second-order valence-corrected chi connectivity index (χ2v) is 3.39. The Morgan fingerprint density at radius 3 is 2.64 bits per heavy atom. The highest BCUT2D eigenvalue weighted by Crippen LogP contribution is 2.23. The maximum absolute atomic E-state index is 11.0. The molecule has 0 spiro atoms. The van der Waals surface area contributed by atoms with Crippen LogP contribution in [-0.2, 0) is 14.1 Å². The van der Waals surface area contributed by atoms with Crippen molar-refractivity contribution in [3.8, 4) is 0 Å². The van der Waals surface area contributed by atoms with Crippen LogP contribution in [0.15, 0.2) is 0 Å². The van der Waals surface area contributed by atoms with E-state index in [-0.39, 0.29) is 25.2 Å². The highest BCUT2D eigenvalue weighted by Gasteiger charge is 2.13. The van der Waals surface area contributed by atoms with Crippen LogP contribution in [0.1, 0.15) is 0 Å². The molecule has 0 aliphatic rings. The summed E-state index contributed by atoms with van der Waals surface area (Å²) in [6.07, 6.45) is 0.368. The molecule has 3 N–H and O–H groups in total. The number of nitrogens with one attached hydrogen (secondary N) is 1. The van der Waals surface area contributed by atoms with Gasteiger partial charge in [0, 0.05) is 7.11 Å². The van der Waals surface area contributed by atoms with Gasteiger partial charge in [-0.3, -0.25) is 4.79 Å². The maximum atomic E-state index is 11.0. The van der Waals surface area contributed by atoms with Crippen LogP contribution in [-0.4, -0.2) is 49.9 Å².